The number of hydrogen-bond donors (Lipinski definition) is 10. The molecule has 0 unspecified atom stereocenters. The Bertz CT molecular complexity index is 1190. The predicted octanol–water partition coefficient (Wildman–Crippen LogP) is 7.53. The molecule has 0 bridgehead atoms. The molecule has 2 rings (SSSR count). The molecule has 0 aromatic heterocycles. The molecule has 0 spiro atoms. The first-order valence-corrected chi connectivity index (χ1v) is 28.4. The summed E-state index contributed by atoms with van der Waals surface area (Å²) < 4.78 is 22.3. The van der Waals surface area contributed by atoms with Crippen LogP contribution in [0.3, 0.4) is 0 Å². The van der Waals surface area contributed by atoms with Crippen LogP contribution in [0.5, 0.6) is 0 Å². The van der Waals surface area contributed by atoms with Crippen molar-refractivity contribution in [2.24, 2.45) is 0 Å². The first kappa shape index (κ1) is 64.1. The van der Waals surface area contributed by atoms with Gasteiger partial charge in [0.25, 0.3) is 0 Å². The van der Waals surface area contributed by atoms with Gasteiger partial charge in [-0.2, -0.15) is 0 Å². The van der Waals surface area contributed by atoms with E-state index in [0.29, 0.717) is 12.8 Å². The maximum absolute atomic E-state index is 13.3. The maximum atomic E-state index is 13.3. The van der Waals surface area contributed by atoms with Gasteiger partial charge in [-0.3, -0.25) is 4.79 Å². The van der Waals surface area contributed by atoms with E-state index in [4.69, 9.17) is 18.9 Å². The van der Waals surface area contributed by atoms with Crippen LogP contribution in [0.4, 0.5) is 0 Å². The monoisotopic (exact) mass is 992 g/mol. The van der Waals surface area contributed by atoms with Crippen molar-refractivity contribution in [1.82, 2.24) is 5.32 Å². The molecule has 2 aliphatic rings. The third kappa shape index (κ3) is 28.8. The Balaban J connectivity index is 1.79. The summed E-state index contributed by atoms with van der Waals surface area (Å²) in [6.07, 6.45) is 22.6. The van der Waals surface area contributed by atoms with Crippen molar-refractivity contribution in [3.05, 3.63) is 0 Å². The van der Waals surface area contributed by atoms with Gasteiger partial charge in [-0.25, -0.2) is 0 Å². The number of ether oxygens (including phenoxy) is 4. The minimum Gasteiger partial charge on any atom is -0.390 e. The van der Waals surface area contributed by atoms with E-state index >= 15 is 0 Å². The lowest BCUT2D eigenvalue weighted by molar-refractivity contribution is -0.322. The molecule has 10 N–H and O–H groups in total. The molecule has 15 heteroatoms. The van der Waals surface area contributed by atoms with Crippen molar-refractivity contribution in [3.63, 3.8) is 0 Å². The average molecular weight is 992 g/mol. The summed E-state index contributed by atoms with van der Waals surface area (Å²) in [6, 6.07) is -1.24. The maximum Gasteiger partial charge on any atom is 0.249 e. The Hall–Kier alpha value is -1.05. The summed E-state index contributed by atoms with van der Waals surface area (Å²) in [4.78, 5) is 13.3. The Labute approximate surface area is 417 Å². The summed E-state index contributed by atoms with van der Waals surface area (Å²) in [6.45, 7) is 3.19. The van der Waals surface area contributed by atoms with Gasteiger partial charge in [0, 0.05) is 0 Å². The van der Waals surface area contributed by atoms with E-state index in [1.165, 1.54) is 161 Å². The van der Waals surface area contributed by atoms with E-state index in [-0.39, 0.29) is 19.4 Å². The van der Waals surface area contributed by atoms with Crippen molar-refractivity contribution in [2.75, 3.05) is 19.8 Å². The van der Waals surface area contributed by atoms with Crippen LogP contribution >= 0.6 is 0 Å². The van der Waals surface area contributed by atoms with E-state index < -0.39 is 98.8 Å². The molecule has 15 nitrogen and oxygen atoms in total. The van der Waals surface area contributed by atoms with Crippen molar-refractivity contribution < 1.29 is 69.7 Å². The van der Waals surface area contributed by atoms with E-state index in [0.717, 1.165) is 38.5 Å². The van der Waals surface area contributed by atoms with E-state index in [2.05, 4.69) is 19.2 Å². The lowest BCUT2D eigenvalue weighted by Gasteiger charge is -2.42. The topological polar surface area (TPSA) is 248 Å². The van der Waals surface area contributed by atoms with E-state index in [9.17, 15) is 50.8 Å². The number of unbranched alkanes of at least 4 members (excludes halogenated alkanes) is 31. The summed E-state index contributed by atoms with van der Waals surface area (Å²) in [7, 11) is 0. The van der Waals surface area contributed by atoms with Gasteiger partial charge in [0.05, 0.1) is 32.0 Å². The van der Waals surface area contributed by atoms with Crippen LogP contribution in [0.1, 0.15) is 239 Å². The lowest BCUT2D eigenvalue weighted by atomic mass is 9.98. The first-order valence-electron chi connectivity index (χ1n) is 28.4. The Morgan fingerprint density at radius 3 is 1.32 bits per heavy atom. The summed E-state index contributed by atoms with van der Waals surface area (Å²) in [5.74, 6) is -0.737. The quantitative estimate of drug-likeness (QED) is 0.0265. The fraction of sp³-hybridized carbons (Fsp3) is 0.981. The van der Waals surface area contributed by atoms with Gasteiger partial charge >= 0.3 is 0 Å². The fourth-order valence-corrected chi connectivity index (χ4v) is 9.54. The highest BCUT2D eigenvalue weighted by Crippen LogP contribution is 2.26. The highest BCUT2D eigenvalue weighted by molar-refractivity contribution is 5.80. The molecular formula is C54H105NO14. The van der Waals surface area contributed by atoms with Crippen LogP contribution in [0.15, 0.2) is 0 Å². The van der Waals surface area contributed by atoms with Gasteiger partial charge in [-0.1, -0.05) is 226 Å². The third-order valence-electron chi connectivity index (χ3n) is 14.4. The molecule has 69 heavy (non-hydrogen) atoms. The average Bonchev–Trinajstić information content (AvgIpc) is 3.34. The number of aliphatic hydroxyl groups is 9. The Kier molecular flexibility index (Phi) is 38.4. The molecule has 13 atom stereocenters. The highest BCUT2D eigenvalue weighted by atomic mass is 16.7. The van der Waals surface area contributed by atoms with Gasteiger partial charge in [-0.15, -0.1) is 0 Å². The van der Waals surface area contributed by atoms with Crippen molar-refractivity contribution in [3.8, 4) is 0 Å². The molecular weight excluding hydrogens is 887 g/mol. The lowest BCUT2D eigenvalue weighted by Crippen LogP contribution is -2.61. The second-order valence-corrected chi connectivity index (χ2v) is 20.7. The zero-order chi connectivity index (χ0) is 50.5. The fourth-order valence-electron chi connectivity index (χ4n) is 9.54. The zero-order valence-corrected chi connectivity index (χ0v) is 43.4. The zero-order valence-electron chi connectivity index (χ0n) is 43.4. The van der Waals surface area contributed by atoms with E-state index in [1.54, 1.807) is 0 Å². The molecule has 410 valence electrons. The van der Waals surface area contributed by atoms with Gasteiger partial charge in [0.15, 0.2) is 12.6 Å². The van der Waals surface area contributed by atoms with Crippen molar-refractivity contribution >= 4 is 5.91 Å². The molecule has 2 aliphatic heterocycles. The Morgan fingerprint density at radius 2 is 0.884 bits per heavy atom. The van der Waals surface area contributed by atoms with Gasteiger partial charge in [0.1, 0.15) is 54.9 Å². The second-order valence-electron chi connectivity index (χ2n) is 20.7. The van der Waals surface area contributed by atoms with Gasteiger partial charge in [0.2, 0.25) is 5.91 Å². The number of rotatable bonds is 45. The van der Waals surface area contributed by atoms with Crippen LogP contribution in [0, 0.1) is 0 Å². The van der Waals surface area contributed by atoms with Crippen LogP contribution in [-0.2, 0) is 23.7 Å². The van der Waals surface area contributed by atoms with Gasteiger partial charge in [-0.05, 0) is 12.8 Å². The molecule has 0 aromatic carbocycles. The SMILES string of the molecule is CCCCCCCCCCCCCCCCCCCCCC[C@@H](O)C(=O)N[C@@H](CO[C@@H]1O[C@H](CO[C@@H]2OC[C@@H](O)[C@@H](O)[C@@H]2O)[C@@H](O)[C@H](O)[C@H]1O)[C@H](O)[C@H](O)CCCCCCCCCCCCCCC. The van der Waals surface area contributed by atoms with Crippen LogP contribution in [-0.4, -0.2) is 151 Å². The van der Waals surface area contributed by atoms with E-state index in [1.807, 2.05) is 0 Å². The number of nitrogens with one attached hydrogen (secondary N) is 1. The van der Waals surface area contributed by atoms with Crippen molar-refractivity contribution in [1.29, 1.82) is 0 Å². The van der Waals surface area contributed by atoms with Crippen LogP contribution in [0.2, 0.25) is 0 Å². The molecule has 2 saturated heterocycles. The minimum atomic E-state index is -1.77. The molecule has 2 heterocycles. The molecule has 2 fully saturated rings. The highest BCUT2D eigenvalue weighted by Gasteiger charge is 2.46. The Morgan fingerprint density at radius 1 is 0.493 bits per heavy atom. The molecule has 0 radical (unpaired) electrons. The summed E-state index contributed by atoms with van der Waals surface area (Å²) in [5, 5.41) is 98.1. The number of amides is 1. The summed E-state index contributed by atoms with van der Waals surface area (Å²) >= 11 is 0. The standard InChI is InChI=1S/C54H105NO14/c1-3-5-7-9-11-13-15-17-18-19-20-21-22-23-25-27-29-31-33-35-37-43(57)52(65)55-41(46(59)42(56)36-34-32-30-28-26-24-16-14-12-10-8-6-4-2)38-66-54-51(64)49(62)48(61)45(69-54)40-68-53-50(63)47(60)44(58)39-67-53/h41-51,53-54,56-64H,3-40H2,1-2H3,(H,55,65)/t41-,42+,43+,44+,45+,46-,47+,48+,49-,50-,51+,53-,54+/m0/s1. The smallest absolute Gasteiger partial charge is 0.249 e. The normalized spacial score (nSPS) is 25.9. The first-order chi connectivity index (χ1) is 33.4. The second kappa shape index (κ2) is 41.3. The number of carbonyl (C=O) groups is 1. The predicted molar refractivity (Wildman–Crippen MR) is 269 cm³/mol. The van der Waals surface area contributed by atoms with Crippen molar-refractivity contribution in [2.45, 2.75) is 318 Å². The molecule has 0 saturated carbocycles. The van der Waals surface area contributed by atoms with Crippen LogP contribution in [0.25, 0.3) is 0 Å². The number of hydrogen-bond acceptors (Lipinski definition) is 14. The molecule has 1 amide bonds. The molecule has 0 aliphatic carbocycles. The third-order valence-corrected chi connectivity index (χ3v) is 14.4. The largest absolute Gasteiger partial charge is 0.390 e. The van der Waals surface area contributed by atoms with Crippen LogP contribution < -0.4 is 5.32 Å². The number of carbonyl (C=O) groups excluding carboxylic acids is 1. The van der Waals surface area contributed by atoms with Gasteiger partial charge < -0.3 is 70.2 Å². The minimum absolute atomic E-state index is 0.224. The molecule has 0 aromatic rings. The summed E-state index contributed by atoms with van der Waals surface area (Å²) in [5.41, 5.74) is 0. The number of aliphatic hydroxyl groups excluding tert-OH is 9.